The van der Waals surface area contributed by atoms with Crippen LogP contribution in [0.1, 0.15) is 45.2 Å². The van der Waals surface area contributed by atoms with E-state index in [9.17, 15) is 4.79 Å². The van der Waals surface area contributed by atoms with E-state index in [-0.39, 0.29) is 17.9 Å². The summed E-state index contributed by atoms with van der Waals surface area (Å²) in [4.78, 5) is 14.7. The van der Waals surface area contributed by atoms with Crippen LogP contribution >= 0.6 is 0 Å². The standard InChI is InChI=1S/C19H30N2O3/c1-5-23-17-10-9-15(12-18(17)24-6-2)14(3)20-19(22)16-8-7-11-21(4)13-16/h9-10,12,14,16H,5-8,11,13H2,1-4H3,(H,20,22)/t14-,16-/m1/s1. The molecule has 24 heavy (non-hydrogen) atoms. The van der Waals surface area contributed by atoms with E-state index in [1.807, 2.05) is 39.0 Å². The lowest BCUT2D eigenvalue weighted by Crippen LogP contribution is -2.42. The average Bonchev–Trinajstić information content (AvgIpc) is 2.56. The number of nitrogens with one attached hydrogen (secondary N) is 1. The summed E-state index contributed by atoms with van der Waals surface area (Å²) < 4.78 is 11.3. The van der Waals surface area contributed by atoms with Gasteiger partial charge in [0.05, 0.1) is 25.2 Å². The minimum absolute atomic E-state index is 0.0559. The Morgan fingerprint density at radius 3 is 2.67 bits per heavy atom. The number of piperidine rings is 1. The molecule has 1 aliphatic heterocycles. The molecule has 0 radical (unpaired) electrons. The number of hydrogen-bond acceptors (Lipinski definition) is 4. The van der Waals surface area contributed by atoms with Crippen LogP contribution in [0, 0.1) is 5.92 Å². The van der Waals surface area contributed by atoms with E-state index >= 15 is 0 Å². The van der Waals surface area contributed by atoms with Crippen molar-refractivity contribution in [2.24, 2.45) is 5.92 Å². The molecule has 0 bridgehead atoms. The van der Waals surface area contributed by atoms with Crippen molar-refractivity contribution in [3.8, 4) is 11.5 Å². The maximum atomic E-state index is 12.5. The Kier molecular flexibility index (Phi) is 6.91. The molecule has 1 fully saturated rings. The van der Waals surface area contributed by atoms with Crippen LogP contribution in [0.4, 0.5) is 0 Å². The minimum atomic E-state index is -0.0559. The number of ether oxygens (including phenoxy) is 2. The summed E-state index contributed by atoms with van der Waals surface area (Å²) in [7, 11) is 2.07. The molecule has 0 aromatic heterocycles. The monoisotopic (exact) mass is 334 g/mol. The van der Waals surface area contributed by atoms with Crippen LogP contribution < -0.4 is 14.8 Å². The van der Waals surface area contributed by atoms with Crippen LogP contribution in [-0.4, -0.2) is 44.2 Å². The molecule has 1 aromatic rings. The number of likely N-dealkylation sites (tertiary alicyclic amines) is 1. The van der Waals surface area contributed by atoms with Gasteiger partial charge in [-0.25, -0.2) is 0 Å². The van der Waals surface area contributed by atoms with Crippen LogP contribution in [-0.2, 0) is 4.79 Å². The van der Waals surface area contributed by atoms with Crippen molar-refractivity contribution in [3.63, 3.8) is 0 Å². The summed E-state index contributed by atoms with van der Waals surface area (Å²) in [5, 5.41) is 3.15. The van der Waals surface area contributed by atoms with Crippen molar-refractivity contribution in [3.05, 3.63) is 23.8 Å². The number of rotatable bonds is 7. The van der Waals surface area contributed by atoms with Gasteiger partial charge in [-0.3, -0.25) is 4.79 Å². The Hall–Kier alpha value is -1.75. The molecule has 2 rings (SSSR count). The molecule has 134 valence electrons. The van der Waals surface area contributed by atoms with Crippen LogP contribution in [0.15, 0.2) is 18.2 Å². The molecule has 1 aliphatic rings. The Labute approximate surface area is 145 Å². The van der Waals surface area contributed by atoms with Gasteiger partial charge in [-0.1, -0.05) is 6.07 Å². The van der Waals surface area contributed by atoms with Crippen LogP contribution in [0.2, 0.25) is 0 Å². The molecule has 0 aliphatic carbocycles. The number of amides is 1. The molecule has 1 N–H and O–H groups in total. The van der Waals surface area contributed by atoms with Crippen molar-refractivity contribution < 1.29 is 14.3 Å². The van der Waals surface area contributed by atoms with Gasteiger partial charge in [-0.05, 0) is 64.9 Å². The lowest BCUT2D eigenvalue weighted by atomic mass is 9.97. The maximum absolute atomic E-state index is 12.5. The Balaban J connectivity index is 2.04. The van der Waals surface area contributed by atoms with Crippen LogP contribution in [0.3, 0.4) is 0 Å². The van der Waals surface area contributed by atoms with Gasteiger partial charge in [0, 0.05) is 6.54 Å². The highest BCUT2D eigenvalue weighted by Gasteiger charge is 2.25. The summed E-state index contributed by atoms with van der Waals surface area (Å²) in [6.07, 6.45) is 2.05. The van der Waals surface area contributed by atoms with E-state index in [1.165, 1.54) is 0 Å². The number of carbonyl (C=O) groups is 1. The van der Waals surface area contributed by atoms with Crippen molar-refractivity contribution in [2.75, 3.05) is 33.4 Å². The number of benzene rings is 1. The van der Waals surface area contributed by atoms with Gasteiger partial charge in [0.15, 0.2) is 11.5 Å². The molecule has 1 saturated heterocycles. The van der Waals surface area contributed by atoms with Gasteiger partial charge < -0.3 is 19.7 Å². The zero-order chi connectivity index (χ0) is 17.5. The minimum Gasteiger partial charge on any atom is -0.490 e. The Bertz CT molecular complexity index is 547. The van der Waals surface area contributed by atoms with Gasteiger partial charge in [0.25, 0.3) is 0 Å². The summed E-state index contributed by atoms with van der Waals surface area (Å²) in [6, 6.07) is 5.82. The molecule has 5 heteroatoms. The van der Waals surface area contributed by atoms with Crippen molar-refractivity contribution in [1.82, 2.24) is 10.2 Å². The molecular formula is C19H30N2O3. The highest BCUT2D eigenvalue weighted by atomic mass is 16.5. The van der Waals surface area contributed by atoms with E-state index in [2.05, 4.69) is 17.3 Å². The fourth-order valence-corrected chi connectivity index (χ4v) is 3.13. The van der Waals surface area contributed by atoms with E-state index < -0.39 is 0 Å². The van der Waals surface area contributed by atoms with Crippen molar-refractivity contribution >= 4 is 5.91 Å². The molecule has 0 unspecified atom stereocenters. The van der Waals surface area contributed by atoms with Crippen molar-refractivity contribution in [1.29, 1.82) is 0 Å². The highest BCUT2D eigenvalue weighted by molar-refractivity contribution is 5.79. The summed E-state index contributed by atoms with van der Waals surface area (Å²) in [5.74, 6) is 1.70. The van der Waals surface area contributed by atoms with E-state index in [4.69, 9.17) is 9.47 Å². The highest BCUT2D eigenvalue weighted by Crippen LogP contribution is 2.31. The van der Waals surface area contributed by atoms with Crippen LogP contribution in [0.25, 0.3) is 0 Å². The third-order valence-corrected chi connectivity index (χ3v) is 4.42. The molecule has 2 atom stereocenters. The number of carbonyl (C=O) groups excluding carboxylic acids is 1. The Morgan fingerprint density at radius 1 is 1.29 bits per heavy atom. The summed E-state index contributed by atoms with van der Waals surface area (Å²) in [6.45, 7) is 9.01. The predicted molar refractivity (Wildman–Crippen MR) is 95.6 cm³/mol. The fourth-order valence-electron chi connectivity index (χ4n) is 3.13. The fraction of sp³-hybridized carbons (Fsp3) is 0.632. The lowest BCUT2D eigenvalue weighted by molar-refractivity contribution is -0.127. The third kappa shape index (κ3) is 4.87. The number of hydrogen-bond donors (Lipinski definition) is 1. The summed E-state index contributed by atoms with van der Waals surface area (Å²) in [5.41, 5.74) is 1.03. The first kappa shape index (κ1) is 18.6. The predicted octanol–water partition coefficient (Wildman–Crippen LogP) is 3.00. The first-order chi connectivity index (χ1) is 11.5. The molecule has 1 amide bonds. The van der Waals surface area contributed by atoms with E-state index in [0.717, 1.165) is 43.0 Å². The first-order valence-corrected chi connectivity index (χ1v) is 8.93. The van der Waals surface area contributed by atoms with Gasteiger partial charge in [-0.15, -0.1) is 0 Å². The first-order valence-electron chi connectivity index (χ1n) is 8.93. The summed E-state index contributed by atoms with van der Waals surface area (Å²) >= 11 is 0. The SMILES string of the molecule is CCOc1ccc([C@@H](C)NC(=O)[C@@H]2CCCN(C)C2)cc1OCC. The molecular weight excluding hydrogens is 304 g/mol. The molecule has 1 aromatic carbocycles. The van der Waals surface area contributed by atoms with Gasteiger partial charge in [0.1, 0.15) is 0 Å². The molecule has 1 heterocycles. The largest absolute Gasteiger partial charge is 0.490 e. The average molecular weight is 334 g/mol. The molecule has 0 spiro atoms. The second kappa shape index (κ2) is 8.92. The van der Waals surface area contributed by atoms with Gasteiger partial charge >= 0.3 is 0 Å². The van der Waals surface area contributed by atoms with E-state index in [0.29, 0.717) is 13.2 Å². The Morgan fingerprint density at radius 2 is 2.00 bits per heavy atom. The normalized spacial score (nSPS) is 19.6. The number of nitrogens with zero attached hydrogens (tertiary/aromatic N) is 1. The van der Waals surface area contributed by atoms with Gasteiger partial charge in [0.2, 0.25) is 5.91 Å². The smallest absolute Gasteiger partial charge is 0.224 e. The third-order valence-electron chi connectivity index (χ3n) is 4.42. The zero-order valence-electron chi connectivity index (χ0n) is 15.3. The maximum Gasteiger partial charge on any atom is 0.224 e. The lowest BCUT2D eigenvalue weighted by Gasteiger charge is -2.29. The quantitative estimate of drug-likeness (QED) is 0.833. The second-order valence-electron chi connectivity index (χ2n) is 6.40. The second-order valence-corrected chi connectivity index (χ2v) is 6.40. The molecule has 5 nitrogen and oxygen atoms in total. The molecule has 0 saturated carbocycles. The van der Waals surface area contributed by atoms with E-state index in [1.54, 1.807) is 0 Å². The van der Waals surface area contributed by atoms with Crippen LogP contribution in [0.5, 0.6) is 11.5 Å². The zero-order valence-corrected chi connectivity index (χ0v) is 15.3. The van der Waals surface area contributed by atoms with Crippen molar-refractivity contribution in [2.45, 2.75) is 39.7 Å². The van der Waals surface area contributed by atoms with Gasteiger partial charge in [-0.2, -0.15) is 0 Å². The topological polar surface area (TPSA) is 50.8 Å².